The Morgan fingerprint density at radius 2 is 1.78 bits per heavy atom. The first-order chi connectivity index (χ1) is 8.62. The summed E-state index contributed by atoms with van der Waals surface area (Å²) in [4.78, 5) is 23.2. The summed E-state index contributed by atoms with van der Waals surface area (Å²) < 4.78 is 5.06. The average Bonchev–Trinajstić information content (AvgIpc) is 2.79. The van der Waals surface area contributed by atoms with Gasteiger partial charge in [-0.15, -0.1) is 0 Å². The van der Waals surface area contributed by atoms with Crippen LogP contribution in [0.25, 0.3) is 0 Å². The van der Waals surface area contributed by atoms with Crippen LogP contribution in [0, 0.1) is 0 Å². The van der Waals surface area contributed by atoms with Gasteiger partial charge in [0.2, 0.25) is 0 Å². The van der Waals surface area contributed by atoms with Gasteiger partial charge < -0.3 is 15.8 Å². The molecule has 1 saturated carbocycles. The number of carbonyl (C=O) groups is 2. The van der Waals surface area contributed by atoms with Crippen molar-refractivity contribution in [2.45, 2.75) is 31.3 Å². The third-order valence-electron chi connectivity index (χ3n) is 3.15. The first-order valence-electron chi connectivity index (χ1n) is 5.97. The van der Waals surface area contributed by atoms with Crippen molar-refractivity contribution in [3.8, 4) is 0 Å². The molecule has 1 aliphatic rings. The summed E-state index contributed by atoms with van der Waals surface area (Å²) in [6, 6.07) is 9.08. The fourth-order valence-corrected chi connectivity index (χ4v) is 2.28. The number of hydrogen-bond acceptors (Lipinski definition) is 3. The van der Waals surface area contributed by atoms with Crippen molar-refractivity contribution in [2.24, 2.45) is 5.73 Å². The van der Waals surface area contributed by atoms with Gasteiger partial charge in [0.25, 0.3) is 5.91 Å². The van der Waals surface area contributed by atoms with Crippen LogP contribution < -0.4 is 11.1 Å². The lowest BCUT2D eigenvalue weighted by molar-refractivity contribution is -0.133. The molecule has 2 rings (SSSR count). The van der Waals surface area contributed by atoms with Crippen molar-refractivity contribution in [3.05, 3.63) is 30.3 Å². The van der Waals surface area contributed by atoms with Crippen LogP contribution in [0.1, 0.15) is 25.7 Å². The van der Waals surface area contributed by atoms with Gasteiger partial charge in [0.15, 0.2) is 5.60 Å². The van der Waals surface area contributed by atoms with Crippen molar-refractivity contribution in [1.29, 1.82) is 0 Å². The molecule has 0 radical (unpaired) electrons. The van der Waals surface area contributed by atoms with Crippen molar-refractivity contribution < 1.29 is 14.3 Å². The quantitative estimate of drug-likeness (QED) is 0.858. The largest absolute Gasteiger partial charge is 0.433 e. The second kappa shape index (κ2) is 5.08. The maximum atomic E-state index is 12.2. The predicted octanol–water partition coefficient (Wildman–Crippen LogP) is 2.03. The van der Waals surface area contributed by atoms with Crippen LogP contribution in [0.2, 0.25) is 0 Å². The van der Waals surface area contributed by atoms with E-state index in [1.54, 1.807) is 12.1 Å². The maximum Gasteiger partial charge on any atom is 0.405 e. The monoisotopic (exact) mass is 248 g/mol. The van der Waals surface area contributed by atoms with Gasteiger partial charge in [0.1, 0.15) is 0 Å². The van der Waals surface area contributed by atoms with Gasteiger partial charge >= 0.3 is 6.09 Å². The molecular formula is C13H16N2O3. The van der Waals surface area contributed by atoms with Gasteiger partial charge in [-0.25, -0.2) is 4.79 Å². The van der Waals surface area contributed by atoms with Crippen LogP contribution in [-0.4, -0.2) is 17.6 Å². The summed E-state index contributed by atoms with van der Waals surface area (Å²) in [6.45, 7) is 0. The van der Waals surface area contributed by atoms with Crippen LogP contribution in [0.3, 0.4) is 0 Å². The number of para-hydroxylation sites is 1. The molecule has 3 N–H and O–H groups in total. The highest BCUT2D eigenvalue weighted by Gasteiger charge is 2.44. The molecule has 5 nitrogen and oxygen atoms in total. The zero-order chi connectivity index (χ0) is 13.0. The average molecular weight is 248 g/mol. The maximum absolute atomic E-state index is 12.2. The Bertz CT molecular complexity index is 439. The second-order valence-corrected chi connectivity index (χ2v) is 4.44. The van der Waals surface area contributed by atoms with Gasteiger partial charge in [-0.3, -0.25) is 4.79 Å². The molecule has 18 heavy (non-hydrogen) atoms. The zero-order valence-electron chi connectivity index (χ0n) is 10.0. The number of carbonyl (C=O) groups excluding carboxylic acids is 2. The lowest BCUT2D eigenvalue weighted by Gasteiger charge is -2.26. The van der Waals surface area contributed by atoms with E-state index in [2.05, 4.69) is 5.32 Å². The number of nitrogens with one attached hydrogen (secondary N) is 1. The van der Waals surface area contributed by atoms with E-state index < -0.39 is 11.7 Å². The summed E-state index contributed by atoms with van der Waals surface area (Å²) in [5.74, 6) is -0.301. The first-order valence-corrected chi connectivity index (χ1v) is 5.97. The normalized spacial score (nSPS) is 17.1. The molecule has 0 heterocycles. The van der Waals surface area contributed by atoms with Crippen molar-refractivity contribution in [3.63, 3.8) is 0 Å². The van der Waals surface area contributed by atoms with Crippen LogP contribution in [0.15, 0.2) is 30.3 Å². The Labute approximate surface area is 105 Å². The molecule has 96 valence electrons. The molecule has 0 saturated heterocycles. The number of hydrogen-bond donors (Lipinski definition) is 2. The topological polar surface area (TPSA) is 81.4 Å². The van der Waals surface area contributed by atoms with Gasteiger partial charge in [-0.1, -0.05) is 18.2 Å². The molecule has 0 atom stereocenters. The number of rotatable bonds is 3. The Hall–Kier alpha value is -2.04. The Morgan fingerprint density at radius 1 is 1.17 bits per heavy atom. The third-order valence-corrected chi connectivity index (χ3v) is 3.15. The van der Waals surface area contributed by atoms with Crippen LogP contribution in [-0.2, 0) is 9.53 Å². The van der Waals surface area contributed by atoms with E-state index in [1.165, 1.54) is 0 Å². The molecule has 0 spiro atoms. The van der Waals surface area contributed by atoms with Gasteiger partial charge in [0.05, 0.1) is 0 Å². The van der Waals surface area contributed by atoms with Crippen molar-refractivity contribution >= 4 is 17.7 Å². The minimum absolute atomic E-state index is 0.301. The fourth-order valence-electron chi connectivity index (χ4n) is 2.28. The van der Waals surface area contributed by atoms with Crippen LogP contribution in [0.5, 0.6) is 0 Å². The van der Waals surface area contributed by atoms with E-state index in [0.717, 1.165) is 12.8 Å². The van der Waals surface area contributed by atoms with E-state index >= 15 is 0 Å². The van der Waals surface area contributed by atoms with E-state index in [-0.39, 0.29) is 5.91 Å². The molecule has 5 heteroatoms. The van der Waals surface area contributed by atoms with E-state index in [1.807, 2.05) is 18.2 Å². The molecule has 1 aromatic rings. The lowest BCUT2D eigenvalue weighted by Crippen LogP contribution is -2.45. The van der Waals surface area contributed by atoms with Crippen LogP contribution >= 0.6 is 0 Å². The summed E-state index contributed by atoms with van der Waals surface area (Å²) >= 11 is 0. The highest BCUT2D eigenvalue weighted by Crippen LogP contribution is 2.34. The molecule has 0 aliphatic heterocycles. The highest BCUT2D eigenvalue weighted by molar-refractivity contribution is 5.98. The fraction of sp³-hybridized carbons (Fsp3) is 0.385. The molecule has 1 aromatic carbocycles. The standard InChI is InChI=1S/C13H16N2O3/c14-12(17)18-13(8-4-5-9-13)11(16)15-10-6-2-1-3-7-10/h1-3,6-7H,4-5,8-9H2,(H2,14,17)(H,15,16). The van der Waals surface area contributed by atoms with Crippen molar-refractivity contribution in [1.82, 2.24) is 0 Å². The number of anilines is 1. The van der Waals surface area contributed by atoms with E-state index in [4.69, 9.17) is 10.5 Å². The number of ether oxygens (including phenoxy) is 1. The molecule has 0 bridgehead atoms. The summed E-state index contributed by atoms with van der Waals surface area (Å²) in [5.41, 5.74) is 4.63. The molecular weight excluding hydrogens is 232 g/mol. The minimum Gasteiger partial charge on any atom is -0.433 e. The third kappa shape index (κ3) is 2.61. The summed E-state index contributed by atoms with van der Waals surface area (Å²) in [6.07, 6.45) is 1.86. The lowest BCUT2D eigenvalue weighted by atomic mass is 10.0. The Morgan fingerprint density at radius 3 is 2.33 bits per heavy atom. The molecule has 1 fully saturated rings. The van der Waals surface area contributed by atoms with E-state index in [9.17, 15) is 9.59 Å². The van der Waals surface area contributed by atoms with Gasteiger partial charge in [-0.2, -0.15) is 0 Å². The minimum atomic E-state index is -1.10. The first kappa shape index (κ1) is 12.4. The number of nitrogens with two attached hydrogens (primary N) is 1. The number of amides is 2. The molecule has 1 aliphatic carbocycles. The predicted molar refractivity (Wildman–Crippen MR) is 66.9 cm³/mol. The Kier molecular flexibility index (Phi) is 3.50. The Balaban J connectivity index is 2.12. The number of primary amides is 1. The van der Waals surface area contributed by atoms with Crippen molar-refractivity contribution in [2.75, 3.05) is 5.32 Å². The second-order valence-electron chi connectivity index (χ2n) is 4.44. The molecule has 0 aromatic heterocycles. The molecule has 0 unspecified atom stereocenters. The summed E-state index contributed by atoms with van der Waals surface area (Å²) in [7, 11) is 0. The highest BCUT2D eigenvalue weighted by atomic mass is 16.6. The number of benzene rings is 1. The molecule has 2 amide bonds. The van der Waals surface area contributed by atoms with Gasteiger partial charge in [-0.05, 0) is 37.8 Å². The van der Waals surface area contributed by atoms with E-state index in [0.29, 0.717) is 18.5 Å². The SMILES string of the molecule is NC(=O)OC1(C(=O)Nc2ccccc2)CCCC1. The smallest absolute Gasteiger partial charge is 0.405 e. The summed E-state index contributed by atoms with van der Waals surface area (Å²) in [5, 5.41) is 2.76. The zero-order valence-corrected chi connectivity index (χ0v) is 10.0. The van der Waals surface area contributed by atoms with Gasteiger partial charge in [0, 0.05) is 5.69 Å². The van der Waals surface area contributed by atoms with Crippen LogP contribution in [0.4, 0.5) is 10.5 Å².